The molecule has 0 aromatic carbocycles. The van der Waals surface area contributed by atoms with Crippen LogP contribution < -0.4 is 0 Å². The van der Waals surface area contributed by atoms with Gasteiger partial charge < -0.3 is 5.11 Å². The van der Waals surface area contributed by atoms with Crippen LogP contribution in [0.1, 0.15) is 12.8 Å². The molecule has 1 heterocycles. The summed E-state index contributed by atoms with van der Waals surface area (Å²) in [4.78, 5) is 12.5. The van der Waals surface area contributed by atoms with E-state index in [0.29, 0.717) is 12.0 Å². The summed E-state index contributed by atoms with van der Waals surface area (Å²) in [6.07, 6.45) is 2.09. The Morgan fingerprint density at radius 3 is 2.60 bits per heavy atom. The van der Waals surface area contributed by atoms with Gasteiger partial charge in [0.05, 0.1) is 0 Å². The second-order valence-corrected chi connectivity index (χ2v) is 3.32. The van der Waals surface area contributed by atoms with Crippen molar-refractivity contribution in [3.05, 3.63) is 0 Å². The summed E-state index contributed by atoms with van der Waals surface area (Å²) in [6.45, 7) is 0. The maximum Gasteiger partial charge on any atom is 0.320 e. The van der Waals surface area contributed by atoms with E-state index in [0.717, 1.165) is 6.42 Å². The Bertz CT molecular complexity index is 180. The van der Waals surface area contributed by atoms with Crippen molar-refractivity contribution in [2.75, 3.05) is 7.05 Å². The van der Waals surface area contributed by atoms with Gasteiger partial charge in [-0.3, -0.25) is 9.69 Å². The van der Waals surface area contributed by atoms with E-state index < -0.39 is 5.97 Å². The predicted octanol–water partition coefficient (Wildman–Crippen LogP) is 0.164. The zero-order chi connectivity index (χ0) is 7.30. The fourth-order valence-corrected chi connectivity index (χ4v) is 1.94. The first-order valence-electron chi connectivity index (χ1n) is 3.65. The third kappa shape index (κ3) is 0.669. The lowest BCUT2D eigenvalue weighted by Crippen LogP contribution is -2.35. The molecule has 0 bridgehead atoms. The van der Waals surface area contributed by atoms with Gasteiger partial charge in [0, 0.05) is 6.04 Å². The summed E-state index contributed by atoms with van der Waals surface area (Å²) in [7, 11) is 1.91. The minimum atomic E-state index is -0.658. The van der Waals surface area contributed by atoms with Crippen LogP contribution in [0, 0.1) is 5.92 Å². The number of rotatable bonds is 1. The average Bonchev–Trinajstić information content (AvgIpc) is 2.54. The van der Waals surface area contributed by atoms with Crippen molar-refractivity contribution in [1.29, 1.82) is 0 Å². The number of piperidine rings is 1. The quantitative estimate of drug-likeness (QED) is 0.565. The van der Waals surface area contributed by atoms with Crippen molar-refractivity contribution in [2.24, 2.45) is 5.92 Å². The first-order valence-corrected chi connectivity index (χ1v) is 3.65. The average molecular weight is 141 g/mol. The molecule has 1 aliphatic carbocycles. The molecule has 10 heavy (non-hydrogen) atoms. The molecule has 3 nitrogen and oxygen atoms in total. The maximum atomic E-state index is 10.5. The number of carbonyl (C=O) groups is 1. The van der Waals surface area contributed by atoms with Crippen LogP contribution in [-0.2, 0) is 4.79 Å². The molecule has 1 saturated heterocycles. The van der Waals surface area contributed by atoms with Gasteiger partial charge in [0.25, 0.3) is 0 Å². The van der Waals surface area contributed by atoms with Crippen molar-refractivity contribution in [1.82, 2.24) is 4.90 Å². The summed E-state index contributed by atoms with van der Waals surface area (Å²) >= 11 is 0. The fourth-order valence-electron chi connectivity index (χ4n) is 1.94. The Hall–Kier alpha value is -0.570. The minimum absolute atomic E-state index is 0.191. The third-order valence-corrected chi connectivity index (χ3v) is 2.71. The van der Waals surface area contributed by atoms with Crippen LogP contribution in [-0.4, -0.2) is 35.1 Å². The number of fused-ring (bicyclic) bond motifs is 1. The third-order valence-electron chi connectivity index (χ3n) is 2.71. The second kappa shape index (κ2) is 1.72. The zero-order valence-corrected chi connectivity index (χ0v) is 5.95. The van der Waals surface area contributed by atoms with Crippen LogP contribution >= 0.6 is 0 Å². The number of hydrogen-bond donors (Lipinski definition) is 1. The molecule has 0 spiro atoms. The van der Waals surface area contributed by atoms with Gasteiger partial charge in [-0.2, -0.15) is 0 Å². The molecule has 2 rings (SSSR count). The number of carboxylic acids is 1. The normalized spacial score (nSPS) is 45.1. The molecule has 0 amide bonds. The molecule has 3 heteroatoms. The van der Waals surface area contributed by atoms with E-state index in [9.17, 15) is 4.79 Å². The maximum absolute atomic E-state index is 10.5. The lowest BCUT2D eigenvalue weighted by molar-refractivity contribution is -0.142. The monoisotopic (exact) mass is 141 g/mol. The van der Waals surface area contributed by atoms with Gasteiger partial charge in [-0.05, 0) is 25.8 Å². The van der Waals surface area contributed by atoms with Crippen LogP contribution in [0.5, 0.6) is 0 Å². The molecule has 2 fully saturated rings. The molecular weight excluding hydrogens is 130 g/mol. The van der Waals surface area contributed by atoms with Gasteiger partial charge in [0.1, 0.15) is 6.04 Å². The molecule has 0 unspecified atom stereocenters. The van der Waals surface area contributed by atoms with Gasteiger partial charge >= 0.3 is 5.97 Å². The molecule has 0 aromatic rings. The highest BCUT2D eigenvalue weighted by Gasteiger charge is 2.52. The summed E-state index contributed by atoms with van der Waals surface area (Å²) in [6, 6.07) is 0.407. The van der Waals surface area contributed by atoms with E-state index in [1.165, 1.54) is 6.42 Å². The molecule has 0 aromatic heterocycles. The van der Waals surface area contributed by atoms with E-state index in [4.69, 9.17) is 5.11 Å². The van der Waals surface area contributed by atoms with Crippen LogP contribution in [0.4, 0.5) is 0 Å². The molecule has 1 aliphatic heterocycles. The fraction of sp³-hybridized carbons (Fsp3) is 0.857. The lowest BCUT2D eigenvalue weighted by Gasteiger charge is -2.17. The Kier molecular flexibility index (Phi) is 1.06. The van der Waals surface area contributed by atoms with E-state index >= 15 is 0 Å². The van der Waals surface area contributed by atoms with Crippen molar-refractivity contribution >= 4 is 5.97 Å². The number of hydrogen-bond acceptors (Lipinski definition) is 2. The van der Waals surface area contributed by atoms with Crippen LogP contribution in [0.3, 0.4) is 0 Å². The molecule has 0 radical (unpaired) electrons. The van der Waals surface area contributed by atoms with Gasteiger partial charge in [-0.25, -0.2) is 0 Å². The van der Waals surface area contributed by atoms with Crippen LogP contribution in [0.15, 0.2) is 0 Å². The standard InChI is InChI=1S/C7H11NO2/c1-8-5-2-4(5)3-6(8)7(9)10/h4-6H,2-3H2,1H3,(H,9,10)/t4-,5-,6-/m0/s1. The summed E-state index contributed by atoms with van der Waals surface area (Å²) in [5.74, 6) is 0.0424. The highest BCUT2D eigenvalue weighted by molar-refractivity contribution is 5.74. The Balaban J connectivity index is 2.07. The van der Waals surface area contributed by atoms with Crippen molar-refractivity contribution in [3.8, 4) is 0 Å². The molecule has 56 valence electrons. The number of likely N-dealkylation sites (tertiary alicyclic amines) is 1. The minimum Gasteiger partial charge on any atom is -0.480 e. The highest BCUT2D eigenvalue weighted by Crippen LogP contribution is 2.46. The number of carboxylic acid groups (broad SMARTS) is 1. The Morgan fingerprint density at radius 1 is 1.60 bits per heavy atom. The molecular formula is C7H11NO2. The Labute approximate surface area is 59.6 Å². The summed E-state index contributed by atoms with van der Waals surface area (Å²) < 4.78 is 0. The topological polar surface area (TPSA) is 40.5 Å². The van der Waals surface area contributed by atoms with Crippen LogP contribution in [0.2, 0.25) is 0 Å². The largest absolute Gasteiger partial charge is 0.480 e. The van der Waals surface area contributed by atoms with E-state index in [-0.39, 0.29) is 6.04 Å². The first-order chi connectivity index (χ1) is 4.70. The van der Waals surface area contributed by atoms with Crippen molar-refractivity contribution < 1.29 is 9.90 Å². The van der Waals surface area contributed by atoms with Gasteiger partial charge in [-0.1, -0.05) is 0 Å². The Morgan fingerprint density at radius 2 is 2.30 bits per heavy atom. The summed E-state index contributed by atoms with van der Waals surface area (Å²) in [5, 5.41) is 8.68. The summed E-state index contributed by atoms with van der Waals surface area (Å²) in [5.41, 5.74) is 0. The van der Waals surface area contributed by atoms with Crippen molar-refractivity contribution in [3.63, 3.8) is 0 Å². The van der Waals surface area contributed by atoms with Gasteiger partial charge in [0.2, 0.25) is 0 Å². The van der Waals surface area contributed by atoms with Crippen LogP contribution in [0.25, 0.3) is 0 Å². The second-order valence-electron chi connectivity index (χ2n) is 3.32. The van der Waals surface area contributed by atoms with Gasteiger partial charge in [-0.15, -0.1) is 0 Å². The lowest BCUT2D eigenvalue weighted by atomic mass is 10.2. The predicted molar refractivity (Wildman–Crippen MR) is 35.7 cm³/mol. The van der Waals surface area contributed by atoms with E-state index in [1.807, 2.05) is 11.9 Å². The molecule has 3 atom stereocenters. The number of nitrogens with zero attached hydrogens (tertiary/aromatic N) is 1. The van der Waals surface area contributed by atoms with Crippen molar-refractivity contribution in [2.45, 2.75) is 24.9 Å². The zero-order valence-electron chi connectivity index (χ0n) is 5.95. The molecule has 2 aliphatic rings. The number of likely N-dealkylation sites (N-methyl/N-ethyl adjacent to an activating group) is 1. The smallest absolute Gasteiger partial charge is 0.320 e. The SMILES string of the molecule is CN1[C@H](C(=O)O)C[C@@H]2C[C@@H]21. The molecule has 1 N–H and O–H groups in total. The van der Waals surface area contributed by atoms with Gasteiger partial charge in [0.15, 0.2) is 0 Å². The highest BCUT2D eigenvalue weighted by atomic mass is 16.4. The number of aliphatic carboxylic acids is 1. The van der Waals surface area contributed by atoms with E-state index in [1.54, 1.807) is 0 Å². The first kappa shape index (κ1) is 6.16. The van der Waals surface area contributed by atoms with E-state index in [2.05, 4.69) is 0 Å². The molecule has 1 saturated carbocycles.